The Balaban J connectivity index is 1.60. The fraction of sp³-hybridized carbons (Fsp3) is 0.652. The molecule has 0 aromatic heterocycles. The molecule has 8 heteroatoms. The fourth-order valence-corrected chi connectivity index (χ4v) is 3.64. The number of thioether (sulfide) groups is 1. The lowest BCUT2D eigenvalue weighted by Gasteiger charge is -2.32. The summed E-state index contributed by atoms with van der Waals surface area (Å²) in [5.41, 5.74) is 1.38. The van der Waals surface area contributed by atoms with Gasteiger partial charge in [-0.25, -0.2) is 4.99 Å². The topological polar surface area (TPSA) is 69.2 Å². The van der Waals surface area contributed by atoms with E-state index in [1.807, 2.05) is 0 Å². The van der Waals surface area contributed by atoms with Gasteiger partial charge in [-0.2, -0.15) is 11.8 Å². The van der Waals surface area contributed by atoms with Crippen molar-refractivity contribution >= 4 is 23.6 Å². The number of carbonyl (C=O) groups excluding carboxylic acids is 1. The van der Waals surface area contributed by atoms with Crippen LogP contribution in [0.2, 0.25) is 0 Å². The molecule has 0 saturated carbocycles. The number of likely N-dealkylation sites (N-methyl/N-ethyl adjacent to an activating group) is 1. The van der Waals surface area contributed by atoms with Gasteiger partial charge in [0.15, 0.2) is 5.96 Å². The molecule has 31 heavy (non-hydrogen) atoms. The first-order valence-electron chi connectivity index (χ1n) is 11.2. The van der Waals surface area contributed by atoms with E-state index < -0.39 is 0 Å². The number of hydrogen-bond acceptors (Lipinski definition) is 5. The first-order valence-corrected chi connectivity index (χ1v) is 12.6. The summed E-state index contributed by atoms with van der Waals surface area (Å²) < 4.78 is 6.10. The number of carbonyl (C=O) groups is 1. The van der Waals surface area contributed by atoms with E-state index in [0.717, 1.165) is 64.3 Å². The monoisotopic (exact) mass is 449 g/mol. The first-order chi connectivity index (χ1) is 15.1. The predicted octanol–water partition coefficient (Wildman–Crippen LogP) is 2.04. The van der Waals surface area contributed by atoms with Crippen LogP contribution in [-0.4, -0.2) is 93.2 Å². The fourth-order valence-electron chi connectivity index (χ4n) is 3.34. The lowest BCUT2D eigenvalue weighted by molar-refractivity contribution is -0.127. The molecule has 0 spiro atoms. The molecule has 0 radical (unpaired) electrons. The maximum atomic E-state index is 11.8. The van der Waals surface area contributed by atoms with Crippen LogP contribution < -0.4 is 10.6 Å². The Morgan fingerprint density at radius 2 is 1.90 bits per heavy atom. The van der Waals surface area contributed by atoms with Crippen molar-refractivity contribution in [2.75, 3.05) is 65.4 Å². The summed E-state index contributed by atoms with van der Waals surface area (Å²) >= 11 is 1.78. The van der Waals surface area contributed by atoms with E-state index in [-0.39, 0.29) is 12.5 Å². The molecule has 1 aromatic carbocycles. The molecule has 0 bridgehead atoms. The smallest absolute Gasteiger partial charge is 0.243 e. The zero-order chi connectivity index (χ0) is 22.3. The molecule has 1 aliphatic heterocycles. The number of amides is 1. The van der Waals surface area contributed by atoms with Crippen LogP contribution in [0.4, 0.5) is 0 Å². The van der Waals surface area contributed by atoms with Gasteiger partial charge in [-0.05, 0) is 31.1 Å². The van der Waals surface area contributed by atoms with Crippen molar-refractivity contribution in [1.29, 1.82) is 0 Å². The number of guanidine groups is 1. The maximum absolute atomic E-state index is 11.8. The van der Waals surface area contributed by atoms with Gasteiger partial charge in [0, 0.05) is 59.2 Å². The summed E-state index contributed by atoms with van der Waals surface area (Å²) in [6.45, 7) is 5.70. The van der Waals surface area contributed by atoms with Crippen LogP contribution in [0, 0.1) is 0 Å². The third-order valence-corrected chi connectivity index (χ3v) is 5.83. The summed E-state index contributed by atoms with van der Waals surface area (Å²) in [6, 6.07) is 10.7. The molecule has 0 atom stereocenters. The van der Waals surface area contributed by atoms with Gasteiger partial charge in [0.2, 0.25) is 5.91 Å². The Labute approximate surface area is 192 Å². The Morgan fingerprint density at radius 3 is 2.58 bits per heavy atom. The van der Waals surface area contributed by atoms with Gasteiger partial charge in [-0.15, -0.1) is 0 Å². The number of nitrogens with zero attached hydrogens (tertiary/aromatic N) is 3. The zero-order valence-corrected chi connectivity index (χ0v) is 20.1. The normalized spacial score (nSPS) is 15.6. The van der Waals surface area contributed by atoms with Crippen LogP contribution in [0.3, 0.4) is 0 Å². The summed E-state index contributed by atoms with van der Waals surface area (Å²) in [7, 11) is 3.49. The van der Waals surface area contributed by atoms with Crippen LogP contribution in [-0.2, 0) is 16.1 Å². The van der Waals surface area contributed by atoms with Gasteiger partial charge in [-0.1, -0.05) is 30.3 Å². The minimum atomic E-state index is -0.00657. The van der Waals surface area contributed by atoms with Gasteiger partial charge >= 0.3 is 0 Å². The highest BCUT2D eigenvalue weighted by Crippen LogP contribution is 2.16. The summed E-state index contributed by atoms with van der Waals surface area (Å²) in [4.78, 5) is 20.3. The van der Waals surface area contributed by atoms with E-state index in [1.54, 1.807) is 30.8 Å². The second kappa shape index (κ2) is 15.1. The highest BCUT2D eigenvalue weighted by Gasteiger charge is 2.19. The van der Waals surface area contributed by atoms with Gasteiger partial charge in [0.05, 0.1) is 6.10 Å². The summed E-state index contributed by atoms with van der Waals surface area (Å²) in [5, 5.41) is 6.60. The Bertz CT molecular complexity index is 649. The number of aliphatic imine (C=N–C) groups is 1. The van der Waals surface area contributed by atoms with Gasteiger partial charge in [0.1, 0.15) is 6.54 Å². The second-order valence-corrected chi connectivity index (χ2v) is 8.97. The van der Waals surface area contributed by atoms with E-state index in [1.165, 1.54) is 5.56 Å². The molecule has 1 saturated heterocycles. The Morgan fingerprint density at radius 1 is 1.19 bits per heavy atom. The molecular weight excluding hydrogens is 410 g/mol. The van der Waals surface area contributed by atoms with Crippen molar-refractivity contribution < 1.29 is 9.53 Å². The first kappa shape index (κ1) is 25.5. The standard InChI is InChI=1S/C23H39N5O2S/c1-27(2)22(29)18-26-23(25-13-17-31-3)24-12-7-16-30-21-10-14-28(15-11-21)19-20-8-5-4-6-9-20/h4-6,8-9,21H,7,10-19H2,1-3H3,(H2,24,25,26). The van der Waals surface area contributed by atoms with Crippen molar-refractivity contribution in [2.24, 2.45) is 4.99 Å². The minimum Gasteiger partial charge on any atom is -0.378 e. The largest absolute Gasteiger partial charge is 0.378 e. The van der Waals surface area contributed by atoms with Crippen LogP contribution >= 0.6 is 11.8 Å². The average Bonchev–Trinajstić information content (AvgIpc) is 2.78. The molecule has 1 aromatic rings. The molecule has 0 unspecified atom stereocenters. The van der Waals surface area contributed by atoms with Crippen molar-refractivity contribution in [3.05, 3.63) is 35.9 Å². The number of hydrogen-bond donors (Lipinski definition) is 2. The van der Waals surface area contributed by atoms with Crippen LogP contribution in [0.5, 0.6) is 0 Å². The molecule has 1 aliphatic rings. The molecule has 7 nitrogen and oxygen atoms in total. The van der Waals surface area contributed by atoms with E-state index in [2.05, 4.69) is 57.1 Å². The highest BCUT2D eigenvalue weighted by molar-refractivity contribution is 7.98. The van der Waals surface area contributed by atoms with Crippen LogP contribution in [0.1, 0.15) is 24.8 Å². The maximum Gasteiger partial charge on any atom is 0.243 e. The lowest BCUT2D eigenvalue weighted by Crippen LogP contribution is -2.40. The van der Waals surface area contributed by atoms with Gasteiger partial charge in [0.25, 0.3) is 0 Å². The molecule has 1 fully saturated rings. The third-order valence-electron chi connectivity index (χ3n) is 5.22. The van der Waals surface area contributed by atoms with E-state index in [0.29, 0.717) is 12.1 Å². The molecule has 2 rings (SSSR count). The SMILES string of the molecule is CSCCNC(=NCC(=O)N(C)C)NCCCOC1CCN(Cc2ccccc2)CC1. The molecular formula is C23H39N5O2S. The molecule has 1 amide bonds. The third kappa shape index (κ3) is 10.9. The van der Waals surface area contributed by atoms with E-state index in [9.17, 15) is 4.79 Å². The summed E-state index contributed by atoms with van der Waals surface area (Å²) in [5.74, 6) is 1.68. The minimum absolute atomic E-state index is 0.00657. The number of likely N-dealkylation sites (tertiary alicyclic amines) is 1. The molecule has 174 valence electrons. The lowest BCUT2D eigenvalue weighted by atomic mass is 10.1. The number of benzene rings is 1. The number of rotatable bonds is 12. The Hall–Kier alpha value is -1.77. The quantitative estimate of drug-likeness (QED) is 0.289. The van der Waals surface area contributed by atoms with Crippen LogP contribution in [0.25, 0.3) is 0 Å². The van der Waals surface area contributed by atoms with E-state index >= 15 is 0 Å². The van der Waals surface area contributed by atoms with Crippen molar-refractivity contribution in [3.8, 4) is 0 Å². The molecule has 1 heterocycles. The zero-order valence-electron chi connectivity index (χ0n) is 19.3. The Kier molecular flexibility index (Phi) is 12.4. The predicted molar refractivity (Wildman–Crippen MR) is 131 cm³/mol. The number of nitrogens with one attached hydrogen (secondary N) is 2. The number of piperidine rings is 1. The summed E-state index contributed by atoms with van der Waals surface area (Å²) in [6.07, 6.45) is 5.53. The highest BCUT2D eigenvalue weighted by atomic mass is 32.2. The van der Waals surface area contributed by atoms with Crippen molar-refractivity contribution in [3.63, 3.8) is 0 Å². The molecule has 2 N–H and O–H groups in total. The van der Waals surface area contributed by atoms with Gasteiger partial charge in [-0.3, -0.25) is 9.69 Å². The van der Waals surface area contributed by atoms with Gasteiger partial charge < -0.3 is 20.3 Å². The van der Waals surface area contributed by atoms with Crippen LogP contribution in [0.15, 0.2) is 35.3 Å². The number of ether oxygens (including phenoxy) is 1. The van der Waals surface area contributed by atoms with Crippen molar-refractivity contribution in [2.45, 2.75) is 31.9 Å². The average molecular weight is 450 g/mol. The van der Waals surface area contributed by atoms with Crippen molar-refractivity contribution in [1.82, 2.24) is 20.4 Å². The van der Waals surface area contributed by atoms with E-state index in [4.69, 9.17) is 4.74 Å². The molecule has 0 aliphatic carbocycles. The second-order valence-electron chi connectivity index (χ2n) is 7.98.